The zero-order chi connectivity index (χ0) is 15.4. The summed E-state index contributed by atoms with van der Waals surface area (Å²) in [4.78, 5) is 16.3. The molecule has 0 spiro atoms. The van der Waals surface area contributed by atoms with Gasteiger partial charge in [-0.2, -0.15) is 5.10 Å². The Bertz CT molecular complexity index is 633. The molecule has 0 saturated carbocycles. The fraction of sp³-hybridized carbons (Fsp3) is 0.438. The minimum Gasteiger partial charge on any atom is -0.381 e. The van der Waals surface area contributed by atoms with Gasteiger partial charge in [0.15, 0.2) is 0 Å². The highest BCUT2D eigenvalue weighted by atomic mass is 16.5. The SMILES string of the molecule is Cc1nn(-c2cccnc2)cc1NC(=O)CC1CCOCC1. The van der Waals surface area contributed by atoms with Crippen LogP contribution in [0.15, 0.2) is 30.7 Å². The summed E-state index contributed by atoms with van der Waals surface area (Å²) in [5.74, 6) is 0.461. The van der Waals surface area contributed by atoms with Gasteiger partial charge in [0.1, 0.15) is 0 Å². The second-order valence-electron chi connectivity index (χ2n) is 5.59. The van der Waals surface area contributed by atoms with E-state index in [4.69, 9.17) is 4.74 Å². The fourth-order valence-corrected chi connectivity index (χ4v) is 2.62. The van der Waals surface area contributed by atoms with Gasteiger partial charge in [-0.15, -0.1) is 0 Å². The average molecular weight is 300 g/mol. The number of aromatic nitrogens is 3. The van der Waals surface area contributed by atoms with Crippen LogP contribution in [0.1, 0.15) is 25.0 Å². The molecule has 116 valence electrons. The third-order valence-corrected chi connectivity index (χ3v) is 3.90. The number of carbonyl (C=O) groups excluding carboxylic acids is 1. The third-order valence-electron chi connectivity index (χ3n) is 3.90. The number of aryl methyl sites for hydroxylation is 1. The van der Waals surface area contributed by atoms with Crippen LogP contribution in [0.5, 0.6) is 0 Å². The first-order chi connectivity index (χ1) is 10.7. The number of hydrogen-bond acceptors (Lipinski definition) is 4. The number of rotatable bonds is 4. The number of anilines is 1. The predicted molar refractivity (Wildman–Crippen MR) is 82.9 cm³/mol. The Morgan fingerprint density at radius 2 is 2.27 bits per heavy atom. The summed E-state index contributed by atoms with van der Waals surface area (Å²) in [5, 5.41) is 7.39. The molecule has 0 radical (unpaired) electrons. The molecular weight excluding hydrogens is 280 g/mol. The number of amides is 1. The van der Waals surface area contributed by atoms with E-state index in [9.17, 15) is 4.79 Å². The van der Waals surface area contributed by atoms with Crippen molar-refractivity contribution in [3.8, 4) is 5.69 Å². The lowest BCUT2D eigenvalue weighted by Crippen LogP contribution is -2.22. The Morgan fingerprint density at radius 3 is 3.00 bits per heavy atom. The number of nitrogens with one attached hydrogen (secondary N) is 1. The monoisotopic (exact) mass is 300 g/mol. The van der Waals surface area contributed by atoms with E-state index in [0.717, 1.165) is 43.1 Å². The number of ether oxygens (including phenoxy) is 1. The van der Waals surface area contributed by atoms with Crippen LogP contribution in [-0.4, -0.2) is 33.9 Å². The molecule has 1 saturated heterocycles. The van der Waals surface area contributed by atoms with Crippen molar-refractivity contribution >= 4 is 11.6 Å². The number of hydrogen-bond donors (Lipinski definition) is 1. The summed E-state index contributed by atoms with van der Waals surface area (Å²) in [6.07, 6.45) is 7.74. The normalized spacial score (nSPS) is 15.7. The molecule has 22 heavy (non-hydrogen) atoms. The lowest BCUT2D eigenvalue weighted by molar-refractivity contribution is -0.117. The van der Waals surface area contributed by atoms with Crippen molar-refractivity contribution in [2.24, 2.45) is 5.92 Å². The number of pyridine rings is 1. The lowest BCUT2D eigenvalue weighted by Gasteiger charge is -2.21. The van der Waals surface area contributed by atoms with Crippen molar-refractivity contribution < 1.29 is 9.53 Å². The summed E-state index contributed by atoms with van der Waals surface area (Å²) in [7, 11) is 0. The van der Waals surface area contributed by atoms with Crippen molar-refractivity contribution in [3.63, 3.8) is 0 Å². The standard InChI is InChI=1S/C16H20N4O2/c1-12-15(11-20(19-12)14-3-2-6-17-10-14)18-16(21)9-13-4-7-22-8-5-13/h2-3,6,10-11,13H,4-5,7-9H2,1H3,(H,18,21). The molecule has 0 unspecified atom stereocenters. The van der Waals surface area contributed by atoms with Crippen LogP contribution in [0.3, 0.4) is 0 Å². The van der Waals surface area contributed by atoms with Gasteiger partial charge in [-0.1, -0.05) is 0 Å². The van der Waals surface area contributed by atoms with Gasteiger partial charge in [0.05, 0.1) is 29.5 Å². The zero-order valence-corrected chi connectivity index (χ0v) is 12.7. The quantitative estimate of drug-likeness (QED) is 0.941. The molecule has 1 aliphatic rings. The average Bonchev–Trinajstić information content (AvgIpc) is 2.90. The van der Waals surface area contributed by atoms with Crippen LogP contribution in [0.2, 0.25) is 0 Å². The summed E-state index contributed by atoms with van der Waals surface area (Å²) < 4.78 is 7.05. The van der Waals surface area contributed by atoms with E-state index < -0.39 is 0 Å². The summed E-state index contributed by atoms with van der Waals surface area (Å²) >= 11 is 0. The molecule has 2 aromatic rings. The number of carbonyl (C=O) groups is 1. The topological polar surface area (TPSA) is 69.0 Å². The van der Waals surface area contributed by atoms with Gasteiger partial charge in [0.2, 0.25) is 5.91 Å². The van der Waals surface area contributed by atoms with Crippen LogP contribution in [-0.2, 0) is 9.53 Å². The molecule has 0 aliphatic carbocycles. The van der Waals surface area contributed by atoms with E-state index >= 15 is 0 Å². The van der Waals surface area contributed by atoms with Gasteiger partial charge in [0.25, 0.3) is 0 Å². The Balaban J connectivity index is 1.65. The molecule has 6 heteroatoms. The molecular formula is C16H20N4O2. The van der Waals surface area contributed by atoms with Crippen molar-refractivity contribution in [1.29, 1.82) is 0 Å². The van der Waals surface area contributed by atoms with Gasteiger partial charge in [-0.25, -0.2) is 4.68 Å². The van der Waals surface area contributed by atoms with Crippen molar-refractivity contribution in [2.45, 2.75) is 26.2 Å². The van der Waals surface area contributed by atoms with Crippen molar-refractivity contribution in [2.75, 3.05) is 18.5 Å². The van der Waals surface area contributed by atoms with Crippen molar-refractivity contribution in [3.05, 3.63) is 36.4 Å². The van der Waals surface area contributed by atoms with E-state index in [-0.39, 0.29) is 5.91 Å². The van der Waals surface area contributed by atoms with E-state index in [1.54, 1.807) is 17.1 Å². The van der Waals surface area contributed by atoms with Crippen LogP contribution in [0.4, 0.5) is 5.69 Å². The largest absolute Gasteiger partial charge is 0.381 e. The van der Waals surface area contributed by atoms with Gasteiger partial charge in [-0.3, -0.25) is 9.78 Å². The zero-order valence-electron chi connectivity index (χ0n) is 12.7. The Morgan fingerprint density at radius 1 is 1.45 bits per heavy atom. The van der Waals surface area contributed by atoms with E-state index in [1.807, 2.05) is 25.3 Å². The Labute approximate surface area is 129 Å². The highest BCUT2D eigenvalue weighted by molar-refractivity contribution is 5.91. The molecule has 1 aliphatic heterocycles. The molecule has 0 bridgehead atoms. The molecule has 2 aromatic heterocycles. The van der Waals surface area contributed by atoms with Gasteiger partial charge in [-0.05, 0) is 37.8 Å². The molecule has 1 fully saturated rings. The second-order valence-corrected chi connectivity index (χ2v) is 5.59. The highest BCUT2D eigenvalue weighted by Gasteiger charge is 2.18. The lowest BCUT2D eigenvalue weighted by atomic mass is 9.96. The Hall–Kier alpha value is -2.21. The highest BCUT2D eigenvalue weighted by Crippen LogP contribution is 2.21. The predicted octanol–water partition coefficient (Wildman–Crippen LogP) is 2.33. The minimum absolute atomic E-state index is 0.0423. The second kappa shape index (κ2) is 6.70. The van der Waals surface area contributed by atoms with Crippen molar-refractivity contribution in [1.82, 2.24) is 14.8 Å². The maximum atomic E-state index is 12.2. The maximum Gasteiger partial charge on any atom is 0.224 e. The Kier molecular flexibility index (Phi) is 4.48. The van der Waals surface area contributed by atoms with Gasteiger partial charge < -0.3 is 10.1 Å². The van der Waals surface area contributed by atoms with Gasteiger partial charge in [0, 0.05) is 25.8 Å². The maximum absolute atomic E-state index is 12.2. The van der Waals surface area contributed by atoms with E-state index in [1.165, 1.54) is 0 Å². The van der Waals surface area contributed by atoms with Crippen LogP contribution < -0.4 is 5.32 Å². The summed E-state index contributed by atoms with van der Waals surface area (Å²) in [6.45, 7) is 3.41. The molecule has 3 rings (SSSR count). The summed E-state index contributed by atoms with van der Waals surface area (Å²) in [6, 6.07) is 3.78. The van der Waals surface area contributed by atoms with Crippen LogP contribution in [0.25, 0.3) is 5.69 Å². The van der Waals surface area contributed by atoms with Gasteiger partial charge >= 0.3 is 0 Å². The van der Waals surface area contributed by atoms with E-state index in [2.05, 4.69) is 15.4 Å². The fourth-order valence-electron chi connectivity index (χ4n) is 2.62. The first kappa shape index (κ1) is 14.7. The molecule has 3 heterocycles. The minimum atomic E-state index is 0.0423. The van der Waals surface area contributed by atoms with Crippen LogP contribution in [0, 0.1) is 12.8 Å². The first-order valence-corrected chi connectivity index (χ1v) is 7.56. The first-order valence-electron chi connectivity index (χ1n) is 7.56. The molecule has 1 amide bonds. The molecule has 0 aromatic carbocycles. The van der Waals surface area contributed by atoms with Crippen LogP contribution >= 0.6 is 0 Å². The molecule has 0 atom stereocenters. The third kappa shape index (κ3) is 3.51. The summed E-state index contributed by atoms with van der Waals surface area (Å²) in [5.41, 5.74) is 2.42. The number of nitrogens with zero attached hydrogens (tertiary/aromatic N) is 3. The molecule has 1 N–H and O–H groups in total. The molecule has 6 nitrogen and oxygen atoms in total. The van der Waals surface area contributed by atoms with E-state index in [0.29, 0.717) is 12.3 Å². The smallest absolute Gasteiger partial charge is 0.224 e.